The van der Waals surface area contributed by atoms with Crippen LogP contribution in [-0.2, 0) is 32.7 Å². The van der Waals surface area contributed by atoms with Gasteiger partial charge in [-0.15, -0.1) is 0 Å². The fourth-order valence-electron chi connectivity index (χ4n) is 11.5. The lowest BCUT2D eigenvalue weighted by molar-refractivity contribution is -0.161. The van der Waals surface area contributed by atoms with E-state index < -0.39 is 26.5 Å². The van der Waals surface area contributed by atoms with E-state index in [4.69, 9.17) is 24.3 Å². The van der Waals surface area contributed by atoms with E-state index in [1.807, 2.05) is 0 Å². The molecule has 558 valence electrons. The lowest BCUT2D eigenvalue weighted by Gasteiger charge is -2.19. The summed E-state index contributed by atoms with van der Waals surface area (Å²) in [6, 6.07) is 0. The Kier molecular flexibility index (Phi) is 77.9. The number of phosphoric ester groups is 1. The second kappa shape index (κ2) is 81.1. The van der Waals surface area contributed by atoms with Gasteiger partial charge in [0, 0.05) is 19.4 Å². The highest BCUT2D eigenvalue weighted by Gasteiger charge is 2.26. The van der Waals surface area contributed by atoms with Crippen molar-refractivity contribution in [2.75, 3.05) is 26.4 Å². The van der Waals surface area contributed by atoms with Crippen LogP contribution in [0.2, 0.25) is 0 Å². The minimum absolute atomic E-state index is 0.0477. The molecule has 0 aliphatic carbocycles. The van der Waals surface area contributed by atoms with E-state index in [2.05, 4.69) is 148 Å². The Morgan fingerprint density at radius 2 is 0.567 bits per heavy atom. The van der Waals surface area contributed by atoms with Gasteiger partial charge in [-0.2, -0.15) is 0 Å². The maximum Gasteiger partial charge on any atom is 0.472 e. The van der Waals surface area contributed by atoms with Crippen LogP contribution < -0.4 is 5.73 Å². The molecule has 0 spiro atoms. The molecule has 0 rings (SSSR count). The van der Waals surface area contributed by atoms with Crippen molar-refractivity contribution in [1.82, 2.24) is 0 Å². The Labute approximate surface area is 599 Å². The maximum absolute atomic E-state index is 12.8. The molecule has 10 heteroatoms. The molecule has 0 bridgehead atoms. The Morgan fingerprint density at radius 3 is 0.856 bits per heavy atom. The molecule has 2 atom stereocenters. The number of phosphoric acid groups is 1. The number of rotatable bonds is 76. The summed E-state index contributed by atoms with van der Waals surface area (Å²) in [5, 5.41) is 0. The smallest absolute Gasteiger partial charge is 0.462 e. The molecule has 0 amide bonds. The highest BCUT2D eigenvalue weighted by atomic mass is 31.2. The van der Waals surface area contributed by atoms with E-state index in [-0.39, 0.29) is 38.6 Å². The van der Waals surface area contributed by atoms with Crippen LogP contribution >= 0.6 is 7.82 Å². The normalized spacial score (nSPS) is 13.6. The van der Waals surface area contributed by atoms with E-state index in [1.165, 1.54) is 231 Å². The first kappa shape index (κ1) is 93.2. The molecular formula is C87H152NO8P. The molecule has 0 aromatic heterocycles. The zero-order valence-corrected chi connectivity index (χ0v) is 63.9. The van der Waals surface area contributed by atoms with Crippen LogP contribution in [0.4, 0.5) is 0 Å². The van der Waals surface area contributed by atoms with Gasteiger partial charge >= 0.3 is 19.8 Å². The zero-order valence-electron chi connectivity index (χ0n) is 63.0. The first-order valence-corrected chi connectivity index (χ1v) is 42.2. The molecule has 97 heavy (non-hydrogen) atoms. The minimum Gasteiger partial charge on any atom is -0.462 e. The lowest BCUT2D eigenvalue weighted by atomic mass is 10.0. The summed E-state index contributed by atoms with van der Waals surface area (Å²) in [4.78, 5) is 35.5. The van der Waals surface area contributed by atoms with Gasteiger partial charge in [0.2, 0.25) is 0 Å². The average molecular weight is 1370 g/mol. The predicted octanol–water partition coefficient (Wildman–Crippen LogP) is 27.5. The van der Waals surface area contributed by atoms with Crippen molar-refractivity contribution in [3.8, 4) is 0 Å². The molecule has 2 unspecified atom stereocenters. The van der Waals surface area contributed by atoms with Crippen LogP contribution in [0.1, 0.15) is 373 Å². The number of carbonyl (C=O) groups excluding carboxylic acids is 2. The zero-order chi connectivity index (χ0) is 70.0. The van der Waals surface area contributed by atoms with Gasteiger partial charge in [-0.05, 0) is 116 Å². The number of nitrogens with two attached hydrogens (primary N) is 1. The second-order valence-corrected chi connectivity index (χ2v) is 28.4. The number of allylic oxidation sites excluding steroid dienone is 22. The van der Waals surface area contributed by atoms with Crippen LogP contribution in [0.25, 0.3) is 0 Å². The van der Waals surface area contributed by atoms with Crippen molar-refractivity contribution in [3.05, 3.63) is 134 Å². The Bertz CT molecular complexity index is 2060. The number of hydrogen-bond donors (Lipinski definition) is 2. The third-order valence-corrected chi connectivity index (χ3v) is 18.5. The van der Waals surface area contributed by atoms with E-state index in [1.54, 1.807) is 0 Å². The first-order valence-electron chi connectivity index (χ1n) is 40.7. The van der Waals surface area contributed by atoms with Crippen LogP contribution in [0.5, 0.6) is 0 Å². The number of carbonyl (C=O) groups is 2. The van der Waals surface area contributed by atoms with Gasteiger partial charge in [0.05, 0.1) is 13.2 Å². The van der Waals surface area contributed by atoms with E-state index >= 15 is 0 Å². The number of esters is 2. The summed E-state index contributed by atoms with van der Waals surface area (Å²) in [6.45, 7) is 3.66. The van der Waals surface area contributed by atoms with Gasteiger partial charge in [0.25, 0.3) is 0 Å². The highest BCUT2D eigenvalue weighted by Crippen LogP contribution is 2.43. The molecule has 9 nitrogen and oxygen atoms in total. The lowest BCUT2D eigenvalue weighted by Crippen LogP contribution is -2.29. The molecule has 0 fully saturated rings. The monoisotopic (exact) mass is 1370 g/mol. The molecule has 0 aromatic rings. The molecular weight excluding hydrogens is 1220 g/mol. The number of hydrogen-bond acceptors (Lipinski definition) is 8. The second-order valence-electron chi connectivity index (χ2n) is 26.9. The Balaban J connectivity index is 3.86. The van der Waals surface area contributed by atoms with E-state index in [0.29, 0.717) is 6.42 Å². The fourth-order valence-corrected chi connectivity index (χ4v) is 12.3. The molecule has 0 aliphatic rings. The summed E-state index contributed by atoms with van der Waals surface area (Å²) < 4.78 is 33.3. The molecule has 0 aromatic carbocycles. The molecule has 0 radical (unpaired) electrons. The minimum atomic E-state index is -4.41. The summed E-state index contributed by atoms with van der Waals surface area (Å²) in [5.74, 6) is -0.830. The summed E-state index contributed by atoms with van der Waals surface area (Å²) in [7, 11) is -4.41. The Morgan fingerprint density at radius 1 is 0.320 bits per heavy atom. The molecule has 3 N–H and O–H groups in total. The number of ether oxygens (including phenoxy) is 2. The van der Waals surface area contributed by atoms with Crippen molar-refractivity contribution in [3.63, 3.8) is 0 Å². The van der Waals surface area contributed by atoms with Crippen LogP contribution in [-0.4, -0.2) is 49.3 Å². The summed E-state index contributed by atoms with van der Waals surface area (Å²) in [6.07, 6.45) is 116. The van der Waals surface area contributed by atoms with Gasteiger partial charge in [0.15, 0.2) is 6.10 Å². The van der Waals surface area contributed by atoms with Crippen molar-refractivity contribution < 1.29 is 37.6 Å². The molecule has 0 aliphatic heterocycles. The maximum atomic E-state index is 12.8. The van der Waals surface area contributed by atoms with Crippen molar-refractivity contribution in [1.29, 1.82) is 0 Å². The standard InChI is InChI=1S/C87H152NO8P/c1-3-5-7-9-11-13-15-17-19-21-23-25-27-29-31-33-35-37-39-41-42-44-46-48-50-52-54-56-58-60-62-64-66-68-70-72-74-76-78-80-87(90)96-85(84-95-97(91,92)94-82-81-88)83-93-86(89)79-77-75-73-71-69-67-65-63-61-59-57-55-53-51-49-47-45-43-40-38-36-34-32-30-28-26-24-22-20-18-16-14-12-10-8-6-4-2/h5,7,11,13,17,19,22-25,29,31,35,37,41-42,46,48,52,54,58,60,85H,3-4,6,8-10,12,14-16,18,20-21,26-28,30,32-34,36,38-40,43-45,47,49-51,53,55-57,59,61-84,88H2,1-2H3,(H,91,92)/b7-5-,13-11-,19-17-,24-22-,25-23-,31-29-,37-35-,42-41-,48-46-,54-52-,60-58-. The average Bonchev–Trinajstić information content (AvgIpc) is 2.88. The van der Waals surface area contributed by atoms with E-state index in [0.717, 1.165) is 109 Å². The van der Waals surface area contributed by atoms with Gasteiger partial charge < -0.3 is 20.1 Å². The quantitative estimate of drug-likeness (QED) is 0.0264. The van der Waals surface area contributed by atoms with Gasteiger partial charge in [0.1, 0.15) is 6.61 Å². The van der Waals surface area contributed by atoms with Crippen LogP contribution in [0.15, 0.2) is 134 Å². The van der Waals surface area contributed by atoms with Gasteiger partial charge in [-0.1, -0.05) is 379 Å². The summed E-state index contributed by atoms with van der Waals surface area (Å²) in [5.41, 5.74) is 5.41. The van der Waals surface area contributed by atoms with Crippen LogP contribution in [0, 0.1) is 0 Å². The topological polar surface area (TPSA) is 134 Å². The largest absolute Gasteiger partial charge is 0.472 e. The first-order chi connectivity index (χ1) is 47.8. The SMILES string of the molecule is CC/C=C\C/C=C\C/C=C\C/C=C\C/C=C\C/C=C\C/C=C\C/C=C\C/C=C\C/C=C\CCCCCCCCCCC(=O)OC(COC(=O)CCCCCCCCCCCCCCCCCCCCCCCCCCC/C=C\CCCCCCCCCC)COP(=O)(O)OCCN. The Hall–Kier alpha value is -3.85. The number of unbranched alkanes of at least 4 members (excludes halogenated alkanes) is 41. The fraction of sp³-hybridized carbons (Fsp3) is 0.724. The van der Waals surface area contributed by atoms with Crippen molar-refractivity contribution in [2.24, 2.45) is 5.73 Å². The molecule has 0 heterocycles. The van der Waals surface area contributed by atoms with Gasteiger partial charge in [-0.3, -0.25) is 18.6 Å². The predicted molar refractivity (Wildman–Crippen MR) is 422 cm³/mol. The molecule has 0 saturated carbocycles. The van der Waals surface area contributed by atoms with Crippen molar-refractivity contribution in [2.45, 2.75) is 380 Å². The highest BCUT2D eigenvalue weighted by molar-refractivity contribution is 7.47. The van der Waals surface area contributed by atoms with Crippen molar-refractivity contribution >= 4 is 19.8 Å². The van der Waals surface area contributed by atoms with Gasteiger partial charge in [-0.25, -0.2) is 4.57 Å². The molecule has 0 saturated heterocycles. The van der Waals surface area contributed by atoms with Crippen LogP contribution in [0.3, 0.4) is 0 Å². The van der Waals surface area contributed by atoms with E-state index in [9.17, 15) is 19.0 Å². The summed E-state index contributed by atoms with van der Waals surface area (Å²) >= 11 is 0. The third kappa shape index (κ3) is 81.0. The third-order valence-electron chi connectivity index (χ3n) is 17.5.